The van der Waals surface area contributed by atoms with Crippen LogP contribution in [-0.2, 0) is 14.9 Å². The van der Waals surface area contributed by atoms with Crippen LogP contribution in [0.3, 0.4) is 0 Å². The van der Waals surface area contributed by atoms with Gasteiger partial charge in [0, 0.05) is 24.1 Å². The molecule has 3 aromatic rings. The van der Waals surface area contributed by atoms with Gasteiger partial charge in [0.05, 0.1) is 5.56 Å². The van der Waals surface area contributed by atoms with Crippen LogP contribution < -0.4 is 0 Å². The van der Waals surface area contributed by atoms with Crippen LogP contribution in [0.15, 0.2) is 72.8 Å². The molecular weight excluding hydrogens is 566 g/mol. The summed E-state index contributed by atoms with van der Waals surface area (Å²) in [7, 11) is 0. The SMILES string of the molecule is C[C@@H]1CC[C@@H](C(C)(C)c2ccccc2)[C@H](OC(=O)/C=C/c2ccc3ccccc3c2C(=O)N(C2CCCCC2)C2CCCCC2)C1. The lowest BCUT2D eigenvalue weighted by molar-refractivity contribution is -0.150. The maximum absolute atomic E-state index is 14.8. The Labute approximate surface area is 276 Å². The molecule has 4 heteroatoms. The Hall–Kier alpha value is -3.40. The number of benzene rings is 3. The van der Waals surface area contributed by atoms with Gasteiger partial charge >= 0.3 is 5.97 Å². The van der Waals surface area contributed by atoms with Gasteiger partial charge in [-0.3, -0.25) is 4.79 Å². The number of hydrogen-bond acceptors (Lipinski definition) is 3. The smallest absolute Gasteiger partial charge is 0.331 e. The molecule has 0 heterocycles. The lowest BCUT2D eigenvalue weighted by Crippen LogP contribution is -2.49. The first-order valence-electron chi connectivity index (χ1n) is 18.1. The molecule has 0 aromatic heterocycles. The minimum atomic E-state index is -0.323. The molecule has 0 saturated heterocycles. The highest BCUT2D eigenvalue weighted by molar-refractivity contribution is 6.10. The van der Waals surface area contributed by atoms with Crippen molar-refractivity contribution in [1.29, 1.82) is 0 Å². The van der Waals surface area contributed by atoms with E-state index < -0.39 is 0 Å². The molecule has 3 atom stereocenters. The second kappa shape index (κ2) is 14.6. The Bertz CT molecular complexity index is 1490. The number of carbonyl (C=O) groups is 2. The van der Waals surface area contributed by atoms with Crippen molar-refractivity contribution < 1.29 is 14.3 Å². The number of hydrogen-bond donors (Lipinski definition) is 0. The fourth-order valence-electron chi connectivity index (χ4n) is 8.86. The maximum atomic E-state index is 14.8. The minimum absolute atomic E-state index is 0.115. The average Bonchev–Trinajstić information content (AvgIpc) is 3.08. The number of esters is 1. The van der Waals surface area contributed by atoms with Crippen molar-refractivity contribution in [2.75, 3.05) is 0 Å². The predicted octanol–water partition coefficient (Wildman–Crippen LogP) is 10.3. The molecule has 0 bridgehead atoms. The molecule has 0 N–H and O–H groups in total. The van der Waals surface area contributed by atoms with Crippen molar-refractivity contribution in [1.82, 2.24) is 4.90 Å². The Balaban J connectivity index is 1.29. The predicted molar refractivity (Wildman–Crippen MR) is 189 cm³/mol. The topological polar surface area (TPSA) is 46.6 Å². The zero-order valence-electron chi connectivity index (χ0n) is 28.3. The van der Waals surface area contributed by atoms with E-state index in [4.69, 9.17) is 4.74 Å². The molecule has 46 heavy (non-hydrogen) atoms. The molecule has 1 amide bonds. The van der Waals surface area contributed by atoms with Gasteiger partial charge in [-0.2, -0.15) is 0 Å². The van der Waals surface area contributed by atoms with Crippen molar-refractivity contribution in [2.24, 2.45) is 11.8 Å². The summed E-state index contributed by atoms with van der Waals surface area (Å²) in [5.74, 6) is 0.561. The summed E-state index contributed by atoms with van der Waals surface area (Å²) < 4.78 is 6.31. The zero-order valence-corrected chi connectivity index (χ0v) is 28.3. The molecule has 0 aliphatic heterocycles. The van der Waals surface area contributed by atoms with E-state index in [0.29, 0.717) is 18.0 Å². The third kappa shape index (κ3) is 7.11. The molecule has 6 rings (SSSR count). The summed E-state index contributed by atoms with van der Waals surface area (Å²) in [6.45, 7) is 6.84. The van der Waals surface area contributed by atoms with Gasteiger partial charge in [0.15, 0.2) is 0 Å². The molecule has 3 fully saturated rings. The summed E-state index contributed by atoms with van der Waals surface area (Å²) >= 11 is 0. The van der Waals surface area contributed by atoms with Gasteiger partial charge in [-0.25, -0.2) is 4.79 Å². The number of rotatable bonds is 8. The normalized spacial score (nSPS) is 23.4. The second-order valence-electron chi connectivity index (χ2n) is 15.0. The lowest BCUT2D eigenvalue weighted by Gasteiger charge is -2.43. The lowest BCUT2D eigenvalue weighted by atomic mass is 9.64. The number of carbonyl (C=O) groups excluding carboxylic acids is 2. The highest BCUT2D eigenvalue weighted by atomic mass is 16.5. The standard InChI is InChI=1S/C42H53NO3/c1-30-23-27-37(42(2,3)33-16-7-4-8-17-33)38(29-30)46-39(44)28-26-32-25-24-31-15-13-14-22-36(31)40(32)41(45)43(34-18-9-5-10-19-34)35-20-11-6-12-21-35/h4,7-8,13-17,22,24-26,28,30,34-35,37-38H,5-6,9-12,18-21,23,27,29H2,1-3H3/b28-26+/t30-,37-,38-/m1/s1. The summed E-state index contributed by atoms with van der Waals surface area (Å²) in [5.41, 5.74) is 2.70. The van der Waals surface area contributed by atoms with Crippen molar-refractivity contribution in [2.45, 2.75) is 128 Å². The van der Waals surface area contributed by atoms with Gasteiger partial charge in [0.25, 0.3) is 5.91 Å². The Morgan fingerprint density at radius 3 is 2.07 bits per heavy atom. The number of amides is 1. The summed E-state index contributed by atoms with van der Waals surface area (Å²) in [4.78, 5) is 30.7. The van der Waals surface area contributed by atoms with E-state index in [-0.39, 0.29) is 29.3 Å². The van der Waals surface area contributed by atoms with E-state index in [0.717, 1.165) is 66.8 Å². The first-order chi connectivity index (χ1) is 22.3. The maximum Gasteiger partial charge on any atom is 0.331 e. The van der Waals surface area contributed by atoms with E-state index in [1.54, 1.807) is 6.08 Å². The molecule has 0 radical (unpaired) electrons. The molecule has 3 aliphatic rings. The van der Waals surface area contributed by atoms with E-state index >= 15 is 0 Å². The third-order valence-electron chi connectivity index (χ3n) is 11.5. The average molecular weight is 620 g/mol. The van der Waals surface area contributed by atoms with Crippen molar-refractivity contribution >= 4 is 28.7 Å². The molecule has 3 aromatic carbocycles. The molecule has 0 unspecified atom stereocenters. The molecular formula is C42H53NO3. The van der Waals surface area contributed by atoms with Crippen LogP contribution in [0.1, 0.15) is 126 Å². The first kappa shape index (κ1) is 32.5. The van der Waals surface area contributed by atoms with Gasteiger partial charge in [-0.1, -0.05) is 132 Å². The van der Waals surface area contributed by atoms with Crippen LogP contribution in [0, 0.1) is 11.8 Å². The minimum Gasteiger partial charge on any atom is -0.459 e. The number of nitrogens with zero attached hydrogens (tertiary/aromatic N) is 1. The van der Waals surface area contributed by atoms with Crippen molar-refractivity contribution in [3.05, 3.63) is 89.5 Å². The van der Waals surface area contributed by atoms with Gasteiger partial charge < -0.3 is 9.64 Å². The second-order valence-corrected chi connectivity index (χ2v) is 15.0. The van der Waals surface area contributed by atoms with Crippen LogP contribution in [0.2, 0.25) is 0 Å². The van der Waals surface area contributed by atoms with E-state index in [2.05, 4.69) is 74.2 Å². The number of fused-ring (bicyclic) bond motifs is 1. The Morgan fingerprint density at radius 2 is 1.39 bits per heavy atom. The molecule has 3 saturated carbocycles. The largest absolute Gasteiger partial charge is 0.459 e. The van der Waals surface area contributed by atoms with Crippen molar-refractivity contribution in [3.8, 4) is 0 Å². The van der Waals surface area contributed by atoms with Crippen LogP contribution in [0.4, 0.5) is 0 Å². The quantitative estimate of drug-likeness (QED) is 0.186. The van der Waals surface area contributed by atoms with E-state index in [9.17, 15) is 9.59 Å². The summed E-state index contributed by atoms with van der Waals surface area (Å²) in [6.07, 6.45) is 17.9. The van der Waals surface area contributed by atoms with Gasteiger partial charge in [0.2, 0.25) is 0 Å². The summed E-state index contributed by atoms with van der Waals surface area (Å²) in [6, 6.07) is 23.5. The molecule has 3 aliphatic carbocycles. The monoisotopic (exact) mass is 619 g/mol. The van der Waals surface area contributed by atoms with E-state index in [1.807, 2.05) is 24.3 Å². The van der Waals surface area contributed by atoms with Crippen molar-refractivity contribution in [3.63, 3.8) is 0 Å². The van der Waals surface area contributed by atoms with Crippen LogP contribution in [-0.4, -0.2) is 35.0 Å². The Kier molecular flexibility index (Phi) is 10.3. The molecule has 0 spiro atoms. The van der Waals surface area contributed by atoms with Gasteiger partial charge in [-0.15, -0.1) is 0 Å². The van der Waals surface area contributed by atoms with Crippen LogP contribution in [0.5, 0.6) is 0 Å². The molecule has 244 valence electrons. The fourth-order valence-corrected chi connectivity index (χ4v) is 8.86. The first-order valence-corrected chi connectivity index (χ1v) is 18.1. The zero-order chi connectivity index (χ0) is 32.1. The fraction of sp³-hybridized carbons (Fsp3) is 0.524. The van der Waals surface area contributed by atoms with Crippen LogP contribution >= 0.6 is 0 Å². The summed E-state index contributed by atoms with van der Waals surface area (Å²) in [5, 5.41) is 2.02. The Morgan fingerprint density at radius 1 is 0.761 bits per heavy atom. The number of ether oxygens (including phenoxy) is 1. The van der Waals surface area contributed by atoms with Gasteiger partial charge in [0.1, 0.15) is 6.10 Å². The third-order valence-corrected chi connectivity index (χ3v) is 11.5. The molecule has 4 nitrogen and oxygen atoms in total. The van der Waals surface area contributed by atoms with Crippen LogP contribution in [0.25, 0.3) is 16.8 Å². The highest BCUT2D eigenvalue weighted by Crippen LogP contribution is 2.44. The van der Waals surface area contributed by atoms with Gasteiger partial charge in [-0.05, 0) is 77.8 Å². The highest BCUT2D eigenvalue weighted by Gasteiger charge is 2.42. The van der Waals surface area contributed by atoms with E-state index in [1.165, 1.54) is 44.1 Å².